The van der Waals surface area contributed by atoms with Gasteiger partial charge in [-0.25, -0.2) is 8.42 Å². The number of nitrogens with zero attached hydrogens (tertiary/aromatic N) is 1. The van der Waals surface area contributed by atoms with Crippen LogP contribution in [0.2, 0.25) is 0 Å². The van der Waals surface area contributed by atoms with Gasteiger partial charge in [-0.05, 0) is 18.1 Å². The molecule has 17 heavy (non-hydrogen) atoms. The predicted octanol–water partition coefficient (Wildman–Crippen LogP) is 1.06. The molecule has 0 spiro atoms. The van der Waals surface area contributed by atoms with Crippen molar-refractivity contribution < 1.29 is 13.2 Å². The molecule has 0 saturated carbocycles. The highest BCUT2D eigenvalue weighted by Crippen LogP contribution is 2.34. The molecule has 1 aliphatic rings. The fourth-order valence-electron chi connectivity index (χ4n) is 2.01. The first-order valence-electron chi connectivity index (χ1n) is 5.38. The Labute approximate surface area is 101 Å². The number of ether oxygens (including phenoxy) is 1. The van der Waals surface area contributed by atoms with E-state index < -0.39 is 10.0 Å². The van der Waals surface area contributed by atoms with E-state index in [4.69, 9.17) is 10.5 Å². The second kappa shape index (κ2) is 4.10. The van der Waals surface area contributed by atoms with Gasteiger partial charge in [0.25, 0.3) is 0 Å². The minimum absolute atomic E-state index is 0.116. The smallest absolute Gasteiger partial charge is 0.235 e. The summed E-state index contributed by atoms with van der Waals surface area (Å²) < 4.78 is 30.4. The quantitative estimate of drug-likeness (QED) is 0.803. The SMILES string of the molecule is COc1ccc(N)c(N2CC(C)CS2(=O)=O)c1. The third-order valence-corrected chi connectivity index (χ3v) is 4.82. The molecule has 0 radical (unpaired) electrons. The van der Waals surface area contributed by atoms with Crippen LogP contribution in [0.25, 0.3) is 0 Å². The van der Waals surface area contributed by atoms with Crippen LogP contribution in [-0.4, -0.2) is 27.8 Å². The molecule has 2 N–H and O–H groups in total. The Morgan fingerprint density at radius 3 is 2.71 bits per heavy atom. The highest BCUT2D eigenvalue weighted by atomic mass is 32.2. The van der Waals surface area contributed by atoms with Gasteiger partial charge in [0.1, 0.15) is 5.75 Å². The van der Waals surface area contributed by atoms with Crippen LogP contribution in [0, 0.1) is 5.92 Å². The van der Waals surface area contributed by atoms with E-state index in [1.807, 2.05) is 6.92 Å². The summed E-state index contributed by atoms with van der Waals surface area (Å²) in [7, 11) is -1.70. The molecular formula is C11H16N2O3S. The Morgan fingerprint density at radius 2 is 2.18 bits per heavy atom. The molecule has 1 aromatic rings. The molecule has 1 saturated heterocycles. The fourth-order valence-corrected chi connectivity index (χ4v) is 3.96. The number of sulfonamides is 1. The zero-order valence-corrected chi connectivity index (χ0v) is 10.7. The van der Waals surface area contributed by atoms with Crippen molar-refractivity contribution in [1.82, 2.24) is 0 Å². The highest BCUT2D eigenvalue weighted by molar-refractivity contribution is 7.93. The minimum Gasteiger partial charge on any atom is -0.497 e. The Kier molecular flexibility index (Phi) is 2.91. The van der Waals surface area contributed by atoms with Gasteiger partial charge in [0.15, 0.2) is 0 Å². The maximum absolute atomic E-state index is 12.0. The molecule has 6 heteroatoms. The third kappa shape index (κ3) is 2.17. The van der Waals surface area contributed by atoms with Crippen LogP contribution >= 0.6 is 0 Å². The third-order valence-electron chi connectivity index (χ3n) is 2.81. The molecule has 0 aromatic heterocycles. The predicted molar refractivity (Wildman–Crippen MR) is 67.7 cm³/mol. The normalized spacial score (nSPS) is 22.7. The molecule has 1 heterocycles. The highest BCUT2D eigenvalue weighted by Gasteiger charge is 2.34. The van der Waals surface area contributed by atoms with Crippen LogP contribution in [-0.2, 0) is 10.0 Å². The minimum atomic E-state index is -3.24. The van der Waals surface area contributed by atoms with Crippen molar-refractivity contribution in [3.8, 4) is 5.75 Å². The summed E-state index contributed by atoms with van der Waals surface area (Å²) in [6.45, 7) is 2.38. The number of rotatable bonds is 2. The van der Waals surface area contributed by atoms with Crippen LogP contribution in [0.5, 0.6) is 5.75 Å². The standard InChI is InChI=1S/C11H16N2O3S/c1-8-6-13(17(14,15)7-8)11-5-9(16-2)3-4-10(11)12/h3-5,8H,6-7,12H2,1-2H3. The summed E-state index contributed by atoms with van der Waals surface area (Å²) in [5.74, 6) is 0.887. The van der Waals surface area contributed by atoms with Crippen molar-refractivity contribution in [2.45, 2.75) is 6.92 Å². The van der Waals surface area contributed by atoms with Gasteiger partial charge in [-0.3, -0.25) is 4.31 Å². The van der Waals surface area contributed by atoms with E-state index in [9.17, 15) is 8.42 Å². The first-order valence-corrected chi connectivity index (χ1v) is 6.99. The van der Waals surface area contributed by atoms with Gasteiger partial charge in [-0.1, -0.05) is 6.92 Å². The molecule has 1 fully saturated rings. The molecule has 0 amide bonds. The van der Waals surface area contributed by atoms with Gasteiger partial charge < -0.3 is 10.5 Å². The van der Waals surface area contributed by atoms with E-state index in [0.717, 1.165) is 0 Å². The molecule has 1 aromatic carbocycles. The number of hydrogen-bond acceptors (Lipinski definition) is 4. The van der Waals surface area contributed by atoms with Crippen molar-refractivity contribution in [3.63, 3.8) is 0 Å². The molecule has 1 aliphatic heterocycles. The van der Waals surface area contributed by atoms with E-state index >= 15 is 0 Å². The number of anilines is 2. The van der Waals surface area contributed by atoms with Crippen LogP contribution in [0.3, 0.4) is 0 Å². The zero-order chi connectivity index (χ0) is 12.6. The van der Waals surface area contributed by atoms with E-state index in [1.165, 1.54) is 11.4 Å². The molecule has 5 nitrogen and oxygen atoms in total. The number of hydrogen-bond donors (Lipinski definition) is 1. The summed E-state index contributed by atoms with van der Waals surface area (Å²) in [4.78, 5) is 0. The van der Waals surface area contributed by atoms with Crippen molar-refractivity contribution >= 4 is 21.4 Å². The lowest BCUT2D eigenvalue weighted by Gasteiger charge is -2.19. The number of benzene rings is 1. The molecule has 0 bridgehead atoms. The van der Waals surface area contributed by atoms with Gasteiger partial charge in [0.2, 0.25) is 10.0 Å². The Balaban J connectivity index is 2.47. The first-order chi connectivity index (χ1) is 7.94. The van der Waals surface area contributed by atoms with Gasteiger partial charge in [-0.15, -0.1) is 0 Å². The van der Waals surface area contributed by atoms with Crippen LogP contribution in [0.15, 0.2) is 18.2 Å². The van der Waals surface area contributed by atoms with E-state index in [-0.39, 0.29) is 11.7 Å². The molecule has 94 valence electrons. The van der Waals surface area contributed by atoms with E-state index in [2.05, 4.69) is 0 Å². The molecule has 0 aliphatic carbocycles. The van der Waals surface area contributed by atoms with Crippen molar-refractivity contribution in [1.29, 1.82) is 0 Å². The van der Waals surface area contributed by atoms with Gasteiger partial charge >= 0.3 is 0 Å². The van der Waals surface area contributed by atoms with E-state index in [1.54, 1.807) is 18.2 Å². The largest absolute Gasteiger partial charge is 0.497 e. The average Bonchev–Trinajstić information content (AvgIpc) is 2.52. The lowest BCUT2D eigenvalue weighted by atomic mass is 10.2. The Bertz CT molecular complexity index is 528. The molecule has 2 rings (SSSR count). The fraction of sp³-hybridized carbons (Fsp3) is 0.455. The van der Waals surface area contributed by atoms with Crippen molar-refractivity contribution in [2.75, 3.05) is 29.4 Å². The summed E-state index contributed by atoms with van der Waals surface area (Å²) >= 11 is 0. The summed E-state index contributed by atoms with van der Waals surface area (Å²) in [6.07, 6.45) is 0. The van der Waals surface area contributed by atoms with Gasteiger partial charge in [-0.2, -0.15) is 0 Å². The zero-order valence-electron chi connectivity index (χ0n) is 9.88. The van der Waals surface area contributed by atoms with E-state index in [0.29, 0.717) is 23.7 Å². The maximum Gasteiger partial charge on any atom is 0.235 e. The van der Waals surface area contributed by atoms with Crippen molar-refractivity contribution in [3.05, 3.63) is 18.2 Å². The van der Waals surface area contributed by atoms with Crippen LogP contribution in [0.1, 0.15) is 6.92 Å². The lowest BCUT2D eigenvalue weighted by molar-refractivity contribution is 0.415. The van der Waals surface area contributed by atoms with Gasteiger partial charge in [0, 0.05) is 12.6 Å². The maximum atomic E-state index is 12.0. The number of nitrogens with two attached hydrogens (primary N) is 1. The topological polar surface area (TPSA) is 72.6 Å². The number of methoxy groups -OCH3 is 1. The number of nitrogen functional groups attached to an aromatic ring is 1. The van der Waals surface area contributed by atoms with Crippen molar-refractivity contribution in [2.24, 2.45) is 5.92 Å². The van der Waals surface area contributed by atoms with Crippen LogP contribution in [0.4, 0.5) is 11.4 Å². The summed E-state index contributed by atoms with van der Waals surface area (Å²) in [5.41, 5.74) is 6.78. The second-order valence-electron chi connectivity index (χ2n) is 4.34. The lowest BCUT2D eigenvalue weighted by Crippen LogP contribution is -2.26. The second-order valence-corrected chi connectivity index (χ2v) is 6.28. The summed E-state index contributed by atoms with van der Waals surface area (Å²) in [5, 5.41) is 0. The Hall–Kier alpha value is -1.43. The van der Waals surface area contributed by atoms with Gasteiger partial charge in [0.05, 0.1) is 24.2 Å². The summed E-state index contributed by atoms with van der Waals surface area (Å²) in [6, 6.07) is 5.03. The monoisotopic (exact) mass is 256 g/mol. The molecule has 1 atom stereocenters. The first kappa shape index (κ1) is 12.0. The Morgan fingerprint density at radius 1 is 1.47 bits per heavy atom. The molecule has 1 unspecified atom stereocenters. The van der Waals surface area contributed by atoms with Crippen LogP contribution < -0.4 is 14.8 Å². The average molecular weight is 256 g/mol. The molecular weight excluding hydrogens is 240 g/mol.